The maximum Gasteiger partial charge on any atom is 0.0475 e. The predicted molar refractivity (Wildman–Crippen MR) is 86.9 cm³/mol. The molecule has 20 heavy (non-hydrogen) atoms. The number of nitrogens with zero attached hydrogens (tertiary/aromatic N) is 1. The molecule has 1 aromatic rings. The Balaban J connectivity index is 2.07. The highest BCUT2D eigenvalue weighted by Gasteiger charge is 2.26. The number of hydrogen-bond acceptors (Lipinski definition) is 2. The zero-order valence-electron chi connectivity index (χ0n) is 13.3. The van der Waals surface area contributed by atoms with Crippen LogP contribution in [0.15, 0.2) is 30.3 Å². The van der Waals surface area contributed by atoms with Crippen LogP contribution in [0.4, 0.5) is 0 Å². The van der Waals surface area contributed by atoms with Gasteiger partial charge in [-0.15, -0.1) is 0 Å². The summed E-state index contributed by atoms with van der Waals surface area (Å²) in [6.07, 6.45) is 4.07. The highest BCUT2D eigenvalue weighted by Crippen LogP contribution is 2.28. The van der Waals surface area contributed by atoms with E-state index in [1.165, 1.54) is 31.4 Å². The Morgan fingerprint density at radius 3 is 2.55 bits per heavy atom. The van der Waals surface area contributed by atoms with E-state index < -0.39 is 0 Å². The van der Waals surface area contributed by atoms with Crippen LogP contribution in [0.3, 0.4) is 0 Å². The SMILES string of the molecule is CC(C)CNCC(c1ccccc1)N1CCCCC1C. The maximum absolute atomic E-state index is 3.66. The summed E-state index contributed by atoms with van der Waals surface area (Å²) >= 11 is 0. The molecule has 2 unspecified atom stereocenters. The van der Waals surface area contributed by atoms with Gasteiger partial charge in [0.2, 0.25) is 0 Å². The van der Waals surface area contributed by atoms with Crippen molar-refractivity contribution in [1.29, 1.82) is 0 Å². The van der Waals surface area contributed by atoms with Crippen molar-refractivity contribution in [2.75, 3.05) is 19.6 Å². The van der Waals surface area contributed by atoms with Crippen molar-refractivity contribution in [2.24, 2.45) is 5.92 Å². The van der Waals surface area contributed by atoms with Crippen LogP contribution in [0, 0.1) is 5.92 Å². The zero-order chi connectivity index (χ0) is 14.4. The van der Waals surface area contributed by atoms with E-state index in [9.17, 15) is 0 Å². The Bertz CT molecular complexity index is 374. The van der Waals surface area contributed by atoms with Crippen LogP contribution in [-0.2, 0) is 0 Å². The maximum atomic E-state index is 3.66. The Hall–Kier alpha value is -0.860. The van der Waals surface area contributed by atoms with Crippen molar-refractivity contribution in [3.8, 4) is 0 Å². The van der Waals surface area contributed by atoms with Gasteiger partial charge in [-0.05, 0) is 44.3 Å². The minimum atomic E-state index is 0.519. The number of rotatable bonds is 6. The third kappa shape index (κ3) is 4.32. The van der Waals surface area contributed by atoms with Gasteiger partial charge in [-0.25, -0.2) is 0 Å². The fourth-order valence-electron chi connectivity index (χ4n) is 3.19. The third-order valence-electron chi connectivity index (χ3n) is 4.33. The molecular formula is C18H30N2. The fraction of sp³-hybridized carbons (Fsp3) is 0.667. The van der Waals surface area contributed by atoms with Crippen molar-refractivity contribution in [2.45, 2.75) is 52.1 Å². The largest absolute Gasteiger partial charge is 0.315 e. The summed E-state index contributed by atoms with van der Waals surface area (Å²) in [4.78, 5) is 2.70. The molecule has 1 heterocycles. The van der Waals surface area contributed by atoms with Crippen LogP contribution in [0.25, 0.3) is 0 Å². The Morgan fingerprint density at radius 1 is 1.15 bits per heavy atom. The van der Waals surface area contributed by atoms with E-state index in [0.29, 0.717) is 18.0 Å². The van der Waals surface area contributed by atoms with Gasteiger partial charge in [0, 0.05) is 18.6 Å². The summed E-state index contributed by atoms with van der Waals surface area (Å²) < 4.78 is 0. The molecule has 0 amide bonds. The number of piperidine rings is 1. The number of nitrogens with one attached hydrogen (secondary N) is 1. The van der Waals surface area contributed by atoms with E-state index in [2.05, 4.69) is 61.3 Å². The van der Waals surface area contributed by atoms with Gasteiger partial charge in [-0.1, -0.05) is 50.6 Å². The van der Waals surface area contributed by atoms with E-state index in [0.717, 1.165) is 13.1 Å². The first-order chi connectivity index (χ1) is 9.68. The highest BCUT2D eigenvalue weighted by atomic mass is 15.2. The first-order valence-electron chi connectivity index (χ1n) is 8.20. The summed E-state index contributed by atoms with van der Waals surface area (Å²) in [5, 5.41) is 3.66. The van der Waals surface area contributed by atoms with Crippen LogP contribution < -0.4 is 5.32 Å². The lowest BCUT2D eigenvalue weighted by Crippen LogP contribution is -2.44. The molecule has 1 aliphatic heterocycles. The molecule has 2 heteroatoms. The molecule has 0 spiro atoms. The van der Waals surface area contributed by atoms with Gasteiger partial charge in [0.05, 0.1) is 0 Å². The second-order valence-electron chi connectivity index (χ2n) is 6.56. The van der Waals surface area contributed by atoms with E-state index in [-0.39, 0.29) is 0 Å². The Kier molecular flexibility index (Phi) is 6.06. The summed E-state index contributed by atoms with van der Waals surface area (Å²) in [5.41, 5.74) is 1.46. The standard InChI is InChI=1S/C18H30N2/c1-15(2)13-19-14-18(17-10-5-4-6-11-17)20-12-8-7-9-16(20)3/h4-6,10-11,15-16,18-19H,7-9,12-14H2,1-3H3. The van der Waals surface area contributed by atoms with Crippen LogP contribution in [0.2, 0.25) is 0 Å². The minimum Gasteiger partial charge on any atom is -0.315 e. The average Bonchev–Trinajstić information content (AvgIpc) is 2.45. The van der Waals surface area contributed by atoms with Crippen molar-refractivity contribution >= 4 is 0 Å². The first kappa shape index (κ1) is 15.5. The van der Waals surface area contributed by atoms with Gasteiger partial charge in [0.15, 0.2) is 0 Å². The molecule has 2 rings (SSSR count). The summed E-state index contributed by atoms with van der Waals surface area (Å²) in [7, 11) is 0. The van der Waals surface area contributed by atoms with Gasteiger partial charge in [-0.2, -0.15) is 0 Å². The minimum absolute atomic E-state index is 0.519. The number of hydrogen-bond donors (Lipinski definition) is 1. The predicted octanol–water partition coefficient (Wildman–Crippen LogP) is 3.85. The molecule has 1 aliphatic rings. The van der Waals surface area contributed by atoms with Gasteiger partial charge in [0.25, 0.3) is 0 Å². The van der Waals surface area contributed by atoms with E-state index in [4.69, 9.17) is 0 Å². The first-order valence-corrected chi connectivity index (χ1v) is 8.20. The van der Waals surface area contributed by atoms with Gasteiger partial charge in [0.1, 0.15) is 0 Å². The number of likely N-dealkylation sites (tertiary alicyclic amines) is 1. The molecule has 1 N–H and O–H groups in total. The quantitative estimate of drug-likeness (QED) is 0.847. The fourth-order valence-corrected chi connectivity index (χ4v) is 3.19. The molecular weight excluding hydrogens is 244 g/mol. The molecule has 1 fully saturated rings. The van der Waals surface area contributed by atoms with Gasteiger partial charge < -0.3 is 5.32 Å². The second kappa shape index (κ2) is 7.80. The molecule has 1 aromatic carbocycles. The third-order valence-corrected chi connectivity index (χ3v) is 4.33. The highest BCUT2D eigenvalue weighted by molar-refractivity contribution is 5.20. The van der Waals surface area contributed by atoms with Crippen molar-refractivity contribution in [1.82, 2.24) is 10.2 Å². The van der Waals surface area contributed by atoms with E-state index in [1.807, 2.05) is 0 Å². The van der Waals surface area contributed by atoms with Crippen LogP contribution >= 0.6 is 0 Å². The molecule has 0 saturated carbocycles. The molecule has 2 nitrogen and oxygen atoms in total. The lowest BCUT2D eigenvalue weighted by atomic mass is 9.97. The monoisotopic (exact) mass is 274 g/mol. The summed E-state index contributed by atoms with van der Waals surface area (Å²) in [6, 6.07) is 12.2. The van der Waals surface area contributed by atoms with Crippen LogP contribution in [0.1, 0.15) is 51.6 Å². The van der Waals surface area contributed by atoms with Crippen molar-refractivity contribution in [3.05, 3.63) is 35.9 Å². The average molecular weight is 274 g/mol. The summed E-state index contributed by atoms with van der Waals surface area (Å²) in [6.45, 7) is 10.3. The van der Waals surface area contributed by atoms with Crippen molar-refractivity contribution < 1.29 is 0 Å². The van der Waals surface area contributed by atoms with E-state index >= 15 is 0 Å². The lowest BCUT2D eigenvalue weighted by Gasteiger charge is -2.40. The second-order valence-corrected chi connectivity index (χ2v) is 6.56. The molecule has 0 aromatic heterocycles. The normalized spacial score (nSPS) is 22.1. The lowest BCUT2D eigenvalue weighted by molar-refractivity contribution is 0.103. The molecule has 2 atom stereocenters. The zero-order valence-corrected chi connectivity index (χ0v) is 13.3. The number of benzene rings is 1. The molecule has 0 bridgehead atoms. The van der Waals surface area contributed by atoms with Crippen LogP contribution in [0.5, 0.6) is 0 Å². The van der Waals surface area contributed by atoms with Crippen molar-refractivity contribution in [3.63, 3.8) is 0 Å². The topological polar surface area (TPSA) is 15.3 Å². The molecule has 112 valence electrons. The Labute approximate surface area is 124 Å². The van der Waals surface area contributed by atoms with Gasteiger partial charge >= 0.3 is 0 Å². The molecule has 0 radical (unpaired) electrons. The smallest absolute Gasteiger partial charge is 0.0475 e. The molecule has 1 saturated heterocycles. The van der Waals surface area contributed by atoms with Crippen LogP contribution in [-0.4, -0.2) is 30.6 Å². The van der Waals surface area contributed by atoms with Gasteiger partial charge in [-0.3, -0.25) is 4.90 Å². The molecule has 0 aliphatic carbocycles. The van der Waals surface area contributed by atoms with E-state index in [1.54, 1.807) is 0 Å². The Morgan fingerprint density at radius 2 is 1.90 bits per heavy atom. The summed E-state index contributed by atoms with van der Waals surface area (Å²) in [5.74, 6) is 0.713.